The fourth-order valence-corrected chi connectivity index (χ4v) is 3.01. The Morgan fingerprint density at radius 2 is 1.96 bits per heavy atom. The molecule has 1 aromatic carbocycles. The zero-order valence-electron chi connectivity index (χ0n) is 15.6. The molecular formula is C17H24N4O4S. The van der Waals surface area contributed by atoms with Gasteiger partial charge in [0.05, 0.1) is 4.90 Å². The number of carbonyl (C=O) groups excluding carboxylic acids is 1. The summed E-state index contributed by atoms with van der Waals surface area (Å²) in [7, 11) is -0.700. The molecule has 0 unspecified atom stereocenters. The summed E-state index contributed by atoms with van der Waals surface area (Å²) < 4.78 is 30.6. The molecule has 0 aliphatic carbocycles. The van der Waals surface area contributed by atoms with E-state index < -0.39 is 10.0 Å². The monoisotopic (exact) mass is 380 g/mol. The minimum atomic E-state index is -3.59. The van der Waals surface area contributed by atoms with Crippen LogP contribution in [-0.4, -0.2) is 49.4 Å². The van der Waals surface area contributed by atoms with E-state index in [9.17, 15) is 13.2 Å². The SMILES string of the molecule is CN(C)S(=O)(=O)c1cccc(C(=O)NCCc2noc(C(C)(C)C)n2)c1. The highest BCUT2D eigenvalue weighted by Gasteiger charge is 2.22. The molecule has 1 aromatic heterocycles. The van der Waals surface area contributed by atoms with Gasteiger partial charge in [0.25, 0.3) is 5.91 Å². The first-order valence-electron chi connectivity index (χ1n) is 8.15. The summed E-state index contributed by atoms with van der Waals surface area (Å²) in [5, 5.41) is 6.63. The quantitative estimate of drug-likeness (QED) is 0.816. The molecular weight excluding hydrogens is 356 g/mol. The smallest absolute Gasteiger partial charge is 0.251 e. The van der Waals surface area contributed by atoms with Gasteiger partial charge in [-0.05, 0) is 18.2 Å². The molecule has 0 spiro atoms. The van der Waals surface area contributed by atoms with Crippen molar-refractivity contribution in [1.82, 2.24) is 19.8 Å². The number of carbonyl (C=O) groups is 1. The van der Waals surface area contributed by atoms with Gasteiger partial charge in [0.15, 0.2) is 5.82 Å². The summed E-state index contributed by atoms with van der Waals surface area (Å²) in [6.45, 7) is 6.23. The number of rotatable bonds is 6. The van der Waals surface area contributed by atoms with Gasteiger partial charge in [-0.3, -0.25) is 4.79 Å². The number of amides is 1. The molecule has 142 valence electrons. The number of aromatic nitrogens is 2. The molecule has 0 aliphatic heterocycles. The lowest BCUT2D eigenvalue weighted by atomic mass is 9.97. The fourth-order valence-electron chi connectivity index (χ4n) is 2.06. The first-order chi connectivity index (χ1) is 12.0. The topological polar surface area (TPSA) is 105 Å². The molecule has 0 radical (unpaired) electrons. The molecule has 9 heteroatoms. The summed E-state index contributed by atoms with van der Waals surface area (Å²) in [6.07, 6.45) is 0.418. The van der Waals surface area contributed by atoms with Crippen molar-refractivity contribution in [3.63, 3.8) is 0 Å². The van der Waals surface area contributed by atoms with Crippen molar-refractivity contribution in [2.24, 2.45) is 0 Å². The highest BCUT2D eigenvalue weighted by Crippen LogP contribution is 2.19. The van der Waals surface area contributed by atoms with E-state index in [1.54, 1.807) is 12.1 Å². The van der Waals surface area contributed by atoms with Gasteiger partial charge < -0.3 is 9.84 Å². The van der Waals surface area contributed by atoms with Crippen molar-refractivity contribution in [3.05, 3.63) is 41.5 Å². The summed E-state index contributed by atoms with van der Waals surface area (Å²) in [5.74, 6) is 0.694. The van der Waals surface area contributed by atoms with Crippen LogP contribution in [0.5, 0.6) is 0 Å². The number of sulfonamides is 1. The lowest BCUT2D eigenvalue weighted by Crippen LogP contribution is -2.27. The number of nitrogens with zero attached hydrogens (tertiary/aromatic N) is 3. The highest BCUT2D eigenvalue weighted by molar-refractivity contribution is 7.89. The van der Waals surface area contributed by atoms with Crippen LogP contribution in [0.25, 0.3) is 0 Å². The summed E-state index contributed by atoms with van der Waals surface area (Å²) in [6, 6.07) is 5.92. The van der Waals surface area contributed by atoms with E-state index in [4.69, 9.17) is 4.52 Å². The van der Waals surface area contributed by atoms with Crippen molar-refractivity contribution >= 4 is 15.9 Å². The lowest BCUT2D eigenvalue weighted by molar-refractivity contribution is 0.0953. The third-order valence-electron chi connectivity index (χ3n) is 3.62. The summed E-state index contributed by atoms with van der Waals surface area (Å²) in [4.78, 5) is 16.6. The Morgan fingerprint density at radius 3 is 2.54 bits per heavy atom. The van der Waals surface area contributed by atoms with Crippen LogP contribution in [0.2, 0.25) is 0 Å². The molecule has 8 nitrogen and oxygen atoms in total. The Balaban J connectivity index is 1.99. The van der Waals surface area contributed by atoms with Crippen molar-refractivity contribution in [2.75, 3.05) is 20.6 Å². The van der Waals surface area contributed by atoms with Gasteiger partial charge in [-0.15, -0.1) is 0 Å². The van der Waals surface area contributed by atoms with Crippen molar-refractivity contribution in [2.45, 2.75) is 37.5 Å². The van der Waals surface area contributed by atoms with E-state index in [2.05, 4.69) is 15.5 Å². The van der Waals surface area contributed by atoms with E-state index in [-0.39, 0.29) is 21.8 Å². The van der Waals surface area contributed by atoms with E-state index >= 15 is 0 Å². The zero-order chi connectivity index (χ0) is 19.5. The van der Waals surface area contributed by atoms with Crippen LogP contribution < -0.4 is 5.32 Å². The largest absolute Gasteiger partial charge is 0.352 e. The first kappa shape index (κ1) is 20.1. The Hall–Kier alpha value is -2.26. The Labute approximate surface area is 153 Å². The first-order valence-corrected chi connectivity index (χ1v) is 9.59. The van der Waals surface area contributed by atoms with Gasteiger partial charge in [-0.25, -0.2) is 12.7 Å². The van der Waals surface area contributed by atoms with Crippen molar-refractivity contribution < 1.29 is 17.7 Å². The average Bonchev–Trinajstić information content (AvgIpc) is 3.04. The molecule has 2 aromatic rings. The molecule has 0 bridgehead atoms. The number of benzene rings is 1. The molecule has 1 heterocycles. The summed E-state index contributed by atoms with van der Waals surface area (Å²) in [5.41, 5.74) is 0.0452. The Morgan fingerprint density at radius 1 is 1.27 bits per heavy atom. The molecule has 0 aliphatic rings. The van der Waals surface area contributed by atoms with E-state index in [0.717, 1.165) is 4.31 Å². The maximum absolute atomic E-state index is 12.3. The van der Waals surface area contributed by atoms with Crippen LogP contribution in [0.15, 0.2) is 33.7 Å². The predicted molar refractivity (Wildman–Crippen MR) is 96.4 cm³/mol. The second-order valence-corrected chi connectivity index (χ2v) is 9.24. The normalized spacial score (nSPS) is 12.4. The molecule has 0 saturated heterocycles. The van der Waals surface area contributed by atoms with Crippen LogP contribution in [0.4, 0.5) is 0 Å². The minimum Gasteiger partial charge on any atom is -0.352 e. The third kappa shape index (κ3) is 4.67. The molecule has 0 fully saturated rings. The second-order valence-electron chi connectivity index (χ2n) is 7.09. The predicted octanol–water partition coefficient (Wildman–Crippen LogP) is 1.59. The highest BCUT2D eigenvalue weighted by atomic mass is 32.2. The van der Waals surface area contributed by atoms with Gasteiger partial charge in [0, 0.05) is 38.0 Å². The minimum absolute atomic E-state index is 0.0723. The molecule has 1 amide bonds. The van der Waals surface area contributed by atoms with Crippen LogP contribution in [0.1, 0.15) is 42.8 Å². The van der Waals surface area contributed by atoms with Gasteiger partial charge in [0.1, 0.15) is 0 Å². The number of hydrogen-bond donors (Lipinski definition) is 1. The van der Waals surface area contributed by atoms with Gasteiger partial charge in [0.2, 0.25) is 15.9 Å². The summed E-state index contributed by atoms with van der Waals surface area (Å²) >= 11 is 0. The van der Waals surface area contributed by atoms with Gasteiger partial charge in [-0.2, -0.15) is 4.98 Å². The maximum atomic E-state index is 12.3. The molecule has 0 saturated carbocycles. The molecule has 2 rings (SSSR count). The van der Waals surface area contributed by atoms with E-state index in [0.29, 0.717) is 24.7 Å². The van der Waals surface area contributed by atoms with Crippen LogP contribution in [0, 0.1) is 0 Å². The van der Waals surface area contributed by atoms with Crippen molar-refractivity contribution in [1.29, 1.82) is 0 Å². The molecule has 26 heavy (non-hydrogen) atoms. The number of hydrogen-bond acceptors (Lipinski definition) is 6. The van der Waals surface area contributed by atoms with Crippen molar-refractivity contribution in [3.8, 4) is 0 Å². The Bertz CT molecular complexity index is 882. The van der Waals surface area contributed by atoms with Crippen LogP contribution >= 0.6 is 0 Å². The molecule has 1 N–H and O–H groups in total. The van der Waals surface area contributed by atoms with Gasteiger partial charge in [-0.1, -0.05) is 32.0 Å². The maximum Gasteiger partial charge on any atom is 0.251 e. The Kier molecular flexibility index (Phi) is 5.82. The zero-order valence-corrected chi connectivity index (χ0v) is 16.4. The average molecular weight is 380 g/mol. The van der Waals surface area contributed by atoms with E-state index in [1.165, 1.54) is 26.2 Å². The third-order valence-corrected chi connectivity index (χ3v) is 5.43. The number of nitrogens with one attached hydrogen (secondary N) is 1. The standard InChI is InChI=1S/C17H24N4O4S/c1-17(2,3)16-19-14(20-25-16)9-10-18-15(22)12-7-6-8-13(11-12)26(23,24)21(4)5/h6-8,11H,9-10H2,1-5H3,(H,18,22). The van der Waals surface area contributed by atoms with Crippen LogP contribution in [0.3, 0.4) is 0 Å². The molecule has 0 atom stereocenters. The van der Waals surface area contributed by atoms with E-state index in [1.807, 2.05) is 20.8 Å². The van der Waals surface area contributed by atoms with Gasteiger partial charge >= 0.3 is 0 Å². The lowest BCUT2D eigenvalue weighted by Gasteiger charge is -2.12. The second kappa shape index (κ2) is 7.55. The van der Waals surface area contributed by atoms with Crippen LogP contribution in [-0.2, 0) is 21.9 Å². The fraction of sp³-hybridized carbons (Fsp3) is 0.471.